The number of fused-ring (bicyclic) bond motifs is 2. The third kappa shape index (κ3) is 4.80. The number of carbonyl (C=O) groups excluding carboxylic acids is 3. The van der Waals surface area contributed by atoms with Crippen LogP contribution in [0.2, 0.25) is 5.02 Å². The molecule has 4 rings (SSSR count). The highest BCUT2D eigenvalue weighted by molar-refractivity contribution is 6.30. The van der Waals surface area contributed by atoms with Crippen LogP contribution >= 0.6 is 11.6 Å². The van der Waals surface area contributed by atoms with Crippen molar-refractivity contribution in [3.63, 3.8) is 0 Å². The molecule has 0 spiro atoms. The summed E-state index contributed by atoms with van der Waals surface area (Å²) in [4.78, 5) is 40.4. The van der Waals surface area contributed by atoms with Crippen molar-refractivity contribution in [2.24, 2.45) is 5.41 Å². The van der Waals surface area contributed by atoms with E-state index in [1.807, 2.05) is 45.0 Å². The highest BCUT2D eigenvalue weighted by atomic mass is 35.5. The molecule has 2 unspecified atom stereocenters. The number of amides is 3. The number of rotatable bonds is 3. The monoisotopic (exact) mass is 453 g/mol. The second kappa shape index (κ2) is 8.58. The second-order valence-electron chi connectivity index (χ2n) is 9.80. The van der Waals surface area contributed by atoms with Crippen LogP contribution in [0.25, 0.3) is 11.1 Å². The van der Waals surface area contributed by atoms with Crippen molar-refractivity contribution >= 4 is 35.0 Å². The van der Waals surface area contributed by atoms with E-state index in [4.69, 9.17) is 11.6 Å². The molecule has 2 heterocycles. The van der Waals surface area contributed by atoms with Gasteiger partial charge in [0.15, 0.2) is 0 Å². The average Bonchev–Trinajstić information content (AvgIpc) is 2.82. The summed E-state index contributed by atoms with van der Waals surface area (Å²) < 4.78 is 0. The van der Waals surface area contributed by atoms with E-state index in [9.17, 15) is 14.4 Å². The minimum Gasteiger partial charge on any atom is -0.353 e. The van der Waals surface area contributed by atoms with Crippen molar-refractivity contribution in [3.05, 3.63) is 53.1 Å². The average molecular weight is 454 g/mol. The van der Waals surface area contributed by atoms with Gasteiger partial charge in [0.1, 0.15) is 6.04 Å². The van der Waals surface area contributed by atoms with Crippen molar-refractivity contribution < 1.29 is 14.4 Å². The topological polar surface area (TPSA) is 78.5 Å². The number of piperidine rings is 1. The Bertz CT molecular complexity index is 1060. The zero-order valence-corrected chi connectivity index (χ0v) is 19.3. The Morgan fingerprint density at radius 2 is 1.81 bits per heavy atom. The first kappa shape index (κ1) is 22.3. The van der Waals surface area contributed by atoms with Gasteiger partial charge < -0.3 is 15.5 Å². The molecular weight excluding hydrogens is 426 g/mol. The van der Waals surface area contributed by atoms with Crippen LogP contribution in [0.4, 0.5) is 5.69 Å². The summed E-state index contributed by atoms with van der Waals surface area (Å²) in [5.41, 5.74) is 2.70. The molecule has 6 nitrogen and oxygen atoms in total. The van der Waals surface area contributed by atoms with Crippen LogP contribution in [0.1, 0.15) is 50.4 Å². The number of carbonyl (C=O) groups is 3. The fraction of sp³-hybridized carbons (Fsp3) is 0.400. The predicted molar refractivity (Wildman–Crippen MR) is 126 cm³/mol. The molecule has 0 aromatic heterocycles. The Morgan fingerprint density at radius 3 is 2.50 bits per heavy atom. The number of hydrogen-bond acceptors (Lipinski definition) is 3. The van der Waals surface area contributed by atoms with Gasteiger partial charge in [-0.15, -0.1) is 0 Å². The summed E-state index contributed by atoms with van der Waals surface area (Å²) in [5.74, 6) is -0.406. The maximum atomic E-state index is 13.4. The molecule has 1 fully saturated rings. The molecule has 32 heavy (non-hydrogen) atoms. The summed E-state index contributed by atoms with van der Waals surface area (Å²) in [7, 11) is 0. The SMILES string of the molecule is CC(C)(C)CC(=O)NC1CCN2C(=O)c3cc(-c4ccc(Cl)cc4)ccc3NC(=O)C2C1. The van der Waals surface area contributed by atoms with Crippen LogP contribution in [0.15, 0.2) is 42.5 Å². The van der Waals surface area contributed by atoms with E-state index in [2.05, 4.69) is 10.6 Å². The number of nitrogens with zero attached hydrogens (tertiary/aromatic N) is 1. The lowest BCUT2D eigenvalue weighted by atomic mass is 9.91. The lowest BCUT2D eigenvalue weighted by Gasteiger charge is -2.37. The molecule has 1 saturated heterocycles. The largest absolute Gasteiger partial charge is 0.353 e. The molecule has 0 aliphatic carbocycles. The van der Waals surface area contributed by atoms with E-state index < -0.39 is 6.04 Å². The fourth-order valence-electron chi connectivity index (χ4n) is 4.37. The second-order valence-corrected chi connectivity index (χ2v) is 10.2. The van der Waals surface area contributed by atoms with Gasteiger partial charge in [0.25, 0.3) is 5.91 Å². The maximum absolute atomic E-state index is 13.4. The Balaban J connectivity index is 1.54. The summed E-state index contributed by atoms with van der Waals surface area (Å²) in [5, 5.41) is 6.62. The van der Waals surface area contributed by atoms with E-state index in [-0.39, 0.29) is 29.2 Å². The minimum atomic E-state index is -0.609. The van der Waals surface area contributed by atoms with E-state index in [0.29, 0.717) is 42.1 Å². The van der Waals surface area contributed by atoms with Crippen molar-refractivity contribution in [3.8, 4) is 11.1 Å². The molecule has 2 aliphatic rings. The van der Waals surface area contributed by atoms with Gasteiger partial charge in [-0.25, -0.2) is 0 Å². The van der Waals surface area contributed by atoms with Gasteiger partial charge in [-0.1, -0.05) is 50.6 Å². The molecule has 2 aliphatic heterocycles. The molecule has 2 aromatic rings. The van der Waals surface area contributed by atoms with Crippen molar-refractivity contribution in [2.45, 2.75) is 52.1 Å². The van der Waals surface area contributed by atoms with Gasteiger partial charge in [-0.2, -0.15) is 0 Å². The Kier molecular flexibility index (Phi) is 5.99. The van der Waals surface area contributed by atoms with Crippen molar-refractivity contribution in [1.82, 2.24) is 10.2 Å². The van der Waals surface area contributed by atoms with Gasteiger partial charge in [0, 0.05) is 24.0 Å². The van der Waals surface area contributed by atoms with Crippen molar-refractivity contribution in [1.29, 1.82) is 0 Å². The quantitative estimate of drug-likeness (QED) is 0.718. The molecule has 2 atom stereocenters. The number of nitrogens with one attached hydrogen (secondary N) is 2. The molecule has 2 aromatic carbocycles. The van der Waals surface area contributed by atoms with Gasteiger partial charge in [0.2, 0.25) is 11.8 Å². The Morgan fingerprint density at radius 1 is 1.12 bits per heavy atom. The summed E-state index contributed by atoms with van der Waals surface area (Å²) in [6, 6.07) is 12.2. The van der Waals surface area contributed by atoms with Gasteiger partial charge in [-0.3, -0.25) is 14.4 Å². The first-order valence-electron chi connectivity index (χ1n) is 10.9. The highest BCUT2D eigenvalue weighted by Crippen LogP contribution is 2.32. The molecule has 2 N–H and O–H groups in total. The summed E-state index contributed by atoms with van der Waals surface area (Å²) in [6.07, 6.45) is 1.45. The van der Waals surface area contributed by atoms with Crippen LogP contribution in [0.3, 0.4) is 0 Å². The maximum Gasteiger partial charge on any atom is 0.256 e. The zero-order valence-electron chi connectivity index (χ0n) is 18.6. The fourth-order valence-corrected chi connectivity index (χ4v) is 4.50. The Labute approximate surface area is 193 Å². The molecular formula is C25H28ClN3O3. The first-order chi connectivity index (χ1) is 15.1. The lowest BCUT2D eigenvalue weighted by molar-refractivity contribution is -0.126. The summed E-state index contributed by atoms with van der Waals surface area (Å²) >= 11 is 5.99. The lowest BCUT2D eigenvalue weighted by Crippen LogP contribution is -2.55. The normalized spacial score (nSPS) is 20.7. The zero-order chi connectivity index (χ0) is 23.0. The van der Waals surface area contributed by atoms with Crippen LogP contribution in [0, 0.1) is 5.41 Å². The van der Waals surface area contributed by atoms with E-state index >= 15 is 0 Å². The van der Waals surface area contributed by atoms with Gasteiger partial charge >= 0.3 is 0 Å². The third-order valence-corrected chi connectivity index (χ3v) is 6.16. The van der Waals surface area contributed by atoms with E-state index in [1.54, 1.807) is 23.1 Å². The minimum absolute atomic E-state index is 0.0211. The van der Waals surface area contributed by atoms with E-state index in [1.165, 1.54) is 0 Å². The predicted octanol–water partition coefficient (Wildman–Crippen LogP) is 4.48. The smallest absolute Gasteiger partial charge is 0.256 e. The highest BCUT2D eigenvalue weighted by Gasteiger charge is 2.40. The van der Waals surface area contributed by atoms with Crippen LogP contribution in [0.5, 0.6) is 0 Å². The van der Waals surface area contributed by atoms with Crippen LogP contribution < -0.4 is 10.6 Å². The van der Waals surface area contributed by atoms with E-state index in [0.717, 1.165) is 11.1 Å². The standard InChI is InChI=1S/C25H28ClN3O3/c1-25(2,3)14-22(30)27-18-10-11-29-21(13-18)23(31)28-20-9-6-16(12-19(20)24(29)32)15-4-7-17(26)8-5-15/h4-9,12,18,21H,10-11,13-14H2,1-3H3,(H,27,30)(H,28,31). The number of hydrogen-bond donors (Lipinski definition) is 2. The van der Waals surface area contributed by atoms with Crippen molar-refractivity contribution in [2.75, 3.05) is 11.9 Å². The molecule has 168 valence electrons. The molecule has 0 radical (unpaired) electrons. The van der Waals surface area contributed by atoms with Crippen LogP contribution in [-0.2, 0) is 9.59 Å². The number of halogens is 1. The molecule has 0 saturated carbocycles. The third-order valence-electron chi connectivity index (χ3n) is 5.91. The Hall–Kier alpha value is -2.86. The van der Waals surface area contributed by atoms with Crippen LogP contribution in [-0.4, -0.2) is 41.2 Å². The number of anilines is 1. The summed E-state index contributed by atoms with van der Waals surface area (Å²) in [6.45, 7) is 6.47. The first-order valence-corrected chi connectivity index (χ1v) is 11.3. The molecule has 3 amide bonds. The number of benzene rings is 2. The van der Waals surface area contributed by atoms with Gasteiger partial charge in [-0.05, 0) is 53.6 Å². The molecule has 7 heteroatoms. The van der Waals surface area contributed by atoms with Gasteiger partial charge in [0.05, 0.1) is 11.3 Å². The molecule has 0 bridgehead atoms.